The topological polar surface area (TPSA) is 65.1 Å². The number of benzene rings is 1. The van der Waals surface area contributed by atoms with E-state index in [9.17, 15) is 9.59 Å². The van der Waals surface area contributed by atoms with Gasteiger partial charge in [-0.25, -0.2) is 4.79 Å². The third-order valence-electron chi connectivity index (χ3n) is 6.21. The van der Waals surface area contributed by atoms with Crippen LogP contribution in [-0.4, -0.2) is 73.7 Å². The molecular formula is C24H32N4O3S. The van der Waals surface area contributed by atoms with Gasteiger partial charge in [-0.1, -0.05) is 6.07 Å². The summed E-state index contributed by atoms with van der Waals surface area (Å²) in [5, 5.41) is 5.80. The number of amides is 2. The number of piperazine rings is 1. The van der Waals surface area contributed by atoms with Crippen LogP contribution in [0.25, 0.3) is 0 Å². The lowest BCUT2D eigenvalue weighted by Crippen LogP contribution is -2.50. The van der Waals surface area contributed by atoms with Gasteiger partial charge < -0.3 is 24.8 Å². The highest BCUT2D eigenvalue weighted by Gasteiger charge is 2.26. The lowest BCUT2D eigenvalue weighted by molar-refractivity contribution is 0.0570. The molecule has 2 saturated heterocycles. The van der Waals surface area contributed by atoms with Gasteiger partial charge in [0.2, 0.25) is 0 Å². The molecule has 0 aliphatic carbocycles. The molecular weight excluding hydrogens is 424 g/mol. The Labute approximate surface area is 193 Å². The maximum atomic E-state index is 12.9. The molecule has 1 aromatic heterocycles. The Morgan fingerprint density at radius 2 is 1.69 bits per heavy atom. The summed E-state index contributed by atoms with van der Waals surface area (Å²) < 4.78 is 5.04. The molecule has 2 fully saturated rings. The van der Waals surface area contributed by atoms with Gasteiger partial charge in [0.1, 0.15) is 0 Å². The van der Waals surface area contributed by atoms with Gasteiger partial charge in [0.15, 0.2) is 0 Å². The number of carbonyl (C=O) groups excluding carboxylic acids is 2. The number of nitrogens with one attached hydrogen (secondary N) is 1. The third kappa shape index (κ3) is 5.61. The zero-order valence-corrected chi connectivity index (χ0v) is 19.5. The first-order valence-electron chi connectivity index (χ1n) is 11.5. The van der Waals surface area contributed by atoms with Crippen molar-refractivity contribution in [3.63, 3.8) is 0 Å². The number of nitrogens with zero attached hydrogens (tertiary/aromatic N) is 3. The van der Waals surface area contributed by atoms with E-state index in [1.165, 1.54) is 10.6 Å². The van der Waals surface area contributed by atoms with E-state index in [-0.39, 0.29) is 12.0 Å². The highest BCUT2D eigenvalue weighted by atomic mass is 32.1. The number of hydrogen-bond acceptors (Lipinski definition) is 6. The molecule has 0 saturated carbocycles. The fourth-order valence-corrected chi connectivity index (χ4v) is 4.96. The van der Waals surface area contributed by atoms with E-state index in [0.717, 1.165) is 32.5 Å². The summed E-state index contributed by atoms with van der Waals surface area (Å²) in [7, 11) is 0. The summed E-state index contributed by atoms with van der Waals surface area (Å²) >= 11 is 1.80. The zero-order valence-electron chi connectivity index (χ0n) is 18.7. The maximum absolute atomic E-state index is 12.9. The van der Waals surface area contributed by atoms with Crippen LogP contribution in [0.1, 0.15) is 35.0 Å². The van der Waals surface area contributed by atoms with Crippen LogP contribution in [-0.2, 0) is 11.3 Å². The lowest BCUT2D eigenvalue weighted by Gasteiger charge is -2.35. The molecule has 8 heteroatoms. The SMILES string of the molecule is CCOC(=O)N1CCN(C(=O)c2ccc(N3CCC(NCc4cccs4)CC3)cc2)CC1. The summed E-state index contributed by atoms with van der Waals surface area (Å²) in [6.45, 7) is 7.25. The van der Waals surface area contributed by atoms with E-state index < -0.39 is 0 Å². The van der Waals surface area contributed by atoms with Crippen molar-refractivity contribution < 1.29 is 14.3 Å². The van der Waals surface area contributed by atoms with Crippen LogP contribution in [0.2, 0.25) is 0 Å². The zero-order chi connectivity index (χ0) is 22.3. The Hall–Kier alpha value is -2.58. The van der Waals surface area contributed by atoms with Crippen LogP contribution in [0, 0.1) is 0 Å². The molecule has 0 radical (unpaired) electrons. The monoisotopic (exact) mass is 456 g/mol. The van der Waals surface area contributed by atoms with E-state index in [4.69, 9.17) is 4.74 Å². The predicted octanol–water partition coefficient (Wildman–Crippen LogP) is 3.42. The van der Waals surface area contributed by atoms with Gasteiger partial charge in [0.05, 0.1) is 6.61 Å². The Bertz CT molecular complexity index is 871. The van der Waals surface area contributed by atoms with Crippen molar-refractivity contribution in [1.82, 2.24) is 15.1 Å². The Balaban J connectivity index is 1.24. The lowest BCUT2D eigenvalue weighted by atomic mass is 10.0. The van der Waals surface area contributed by atoms with Gasteiger partial charge in [-0.15, -0.1) is 11.3 Å². The van der Waals surface area contributed by atoms with Crippen molar-refractivity contribution >= 4 is 29.0 Å². The van der Waals surface area contributed by atoms with Crippen LogP contribution in [0.4, 0.5) is 10.5 Å². The van der Waals surface area contributed by atoms with Gasteiger partial charge >= 0.3 is 6.09 Å². The summed E-state index contributed by atoms with van der Waals surface area (Å²) in [5.41, 5.74) is 1.87. The van der Waals surface area contributed by atoms with Crippen molar-refractivity contribution in [2.24, 2.45) is 0 Å². The first-order chi connectivity index (χ1) is 15.6. The van der Waals surface area contributed by atoms with Crippen molar-refractivity contribution in [1.29, 1.82) is 0 Å². The molecule has 7 nitrogen and oxygen atoms in total. The molecule has 32 heavy (non-hydrogen) atoms. The highest BCUT2D eigenvalue weighted by molar-refractivity contribution is 7.09. The van der Waals surface area contributed by atoms with Gasteiger partial charge in [-0.3, -0.25) is 4.79 Å². The number of rotatable bonds is 6. The average molecular weight is 457 g/mol. The smallest absolute Gasteiger partial charge is 0.409 e. The minimum absolute atomic E-state index is 0.0246. The molecule has 4 rings (SSSR count). The fraction of sp³-hybridized carbons (Fsp3) is 0.500. The minimum Gasteiger partial charge on any atom is -0.450 e. The van der Waals surface area contributed by atoms with Crippen molar-refractivity contribution in [3.05, 3.63) is 52.2 Å². The Kier molecular flexibility index (Phi) is 7.65. The number of piperidine rings is 1. The molecule has 1 N–H and O–H groups in total. The number of anilines is 1. The first kappa shape index (κ1) is 22.6. The van der Waals surface area contributed by atoms with E-state index >= 15 is 0 Å². The van der Waals surface area contributed by atoms with Gasteiger partial charge in [-0.2, -0.15) is 0 Å². The molecule has 0 atom stereocenters. The molecule has 3 heterocycles. The minimum atomic E-state index is -0.297. The van der Waals surface area contributed by atoms with Crippen molar-refractivity contribution in [2.45, 2.75) is 32.4 Å². The molecule has 2 aromatic rings. The standard InChI is InChI=1S/C24H32N4O3S/c1-2-31-24(30)28-15-13-27(14-16-28)23(29)19-5-7-21(8-6-19)26-11-9-20(10-12-26)25-18-22-4-3-17-32-22/h3-8,17,20,25H,2,9-16,18H2,1H3. The first-order valence-corrected chi connectivity index (χ1v) is 12.3. The van der Waals surface area contributed by atoms with Crippen LogP contribution < -0.4 is 10.2 Å². The van der Waals surface area contributed by atoms with Crippen molar-refractivity contribution in [3.8, 4) is 0 Å². The molecule has 2 aliphatic heterocycles. The third-order valence-corrected chi connectivity index (χ3v) is 7.09. The second-order valence-corrected chi connectivity index (χ2v) is 9.28. The normalized spacial score (nSPS) is 17.5. The number of hydrogen-bond donors (Lipinski definition) is 1. The van der Waals surface area contributed by atoms with Crippen molar-refractivity contribution in [2.75, 3.05) is 50.8 Å². The van der Waals surface area contributed by atoms with Gasteiger partial charge in [-0.05, 0) is 55.5 Å². The van der Waals surface area contributed by atoms with E-state index in [1.807, 2.05) is 17.0 Å². The molecule has 2 amide bonds. The molecule has 0 bridgehead atoms. The summed E-state index contributed by atoms with van der Waals surface area (Å²) in [4.78, 5) is 32.0. The molecule has 2 aliphatic rings. The van der Waals surface area contributed by atoms with Crippen LogP contribution in [0.5, 0.6) is 0 Å². The second kappa shape index (κ2) is 10.8. The quantitative estimate of drug-likeness (QED) is 0.722. The summed E-state index contributed by atoms with van der Waals surface area (Å²) in [6.07, 6.45) is 1.95. The largest absolute Gasteiger partial charge is 0.450 e. The number of ether oxygens (including phenoxy) is 1. The van der Waals surface area contributed by atoms with Crippen LogP contribution in [0.3, 0.4) is 0 Å². The van der Waals surface area contributed by atoms with Crippen LogP contribution >= 0.6 is 11.3 Å². The number of carbonyl (C=O) groups is 2. The van der Waals surface area contributed by atoms with E-state index in [0.29, 0.717) is 44.4 Å². The molecule has 0 spiro atoms. The molecule has 0 unspecified atom stereocenters. The summed E-state index contributed by atoms with van der Waals surface area (Å²) in [5.74, 6) is 0.0246. The average Bonchev–Trinajstić information content (AvgIpc) is 3.37. The van der Waals surface area contributed by atoms with E-state index in [2.05, 4.69) is 39.9 Å². The molecule has 1 aromatic carbocycles. The number of thiophene rings is 1. The predicted molar refractivity (Wildman–Crippen MR) is 127 cm³/mol. The van der Waals surface area contributed by atoms with Gasteiger partial charge in [0.25, 0.3) is 5.91 Å². The Morgan fingerprint density at radius 3 is 2.31 bits per heavy atom. The van der Waals surface area contributed by atoms with E-state index in [1.54, 1.807) is 23.2 Å². The Morgan fingerprint density at radius 1 is 1.00 bits per heavy atom. The van der Waals surface area contributed by atoms with Crippen LogP contribution in [0.15, 0.2) is 41.8 Å². The second-order valence-electron chi connectivity index (χ2n) is 8.25. The maximum Gasteiger partial charge on any atom is 0.409 e. The summed E-state index contributed by atoms with van der Waals surface area (Å²) in [6, 6.07) is 12.8. The molecule has 172 valence electrons. The fourth-order valence-electron chi connectivity index (χ4n) is 4.30. The van der Waals surface area contributed by atoms with Gasteiger partial charge in [0, 0.05) is 68.0 Å². The highest BCUT2D eigenvalue weighted by Crippen LogP contribution is 2.22.